The molecule has 1 aromatic heterocycles. The lowest BCUT2D eigenvalue weighted by Crippen LogP contribution is -2.08. The van der Waals surface area contributed by atoms with Crippen LogP contribution in [0.25, 0.3) is 0 Å². The number of thiazole rings is 1. The van der Waals surface area contributed by atoms with E-state index in [2.05, 4.69) is 10.3 Å². The van der Waals surface area contributed by atoms with Crippen molar-refractivity contribution >= 4 is 34.0 Å². The molecule has 0 saturated carbocycles. The first-order chi connectivity index (χ1) is 9.69. The van der Waals surface area contributed by atoms with Gasteiger partial charge in [-0.05, 0) is 18.6 Å². The van der Waals surface area contributed by atoms with Crippen molar-refractivity contribution in [3.8, 4) is 0 Å². The molecule has 0 aliphatic carbocycles. The molecule has 0 fully saturated rings. The molecule has 0 spiro atoms. The number of carbonyl (C=O) groups is 1. The van der Waals surface area contributed by atoms with E-state index in [0.717, 1.165) is 21.4 Å². The van der Waals surface area contributed by atoms with Gasteiger partial charge in [-0.25, -0.2) is 4.98 Å². The molecule has 1 heterocycles. The van der Waals surface area contributed by atoms with Crippen LogP contribution in [0.5, 0.6) is 0 Å². The number of rotatable bonds is 6. The monoisotopic (exact) mass is 310 g/mol. The molecule has 2 rings (SSSR count). The van der Waals surface area contributed by atoms with E-state index >= 15 is 0 Å². The zero-order valence-electron chi connectivity index (χ0n) is 11.1. The zero-order valence-corrected chi connectivity index (χ0v) is 12.6. The van der Waals surface area contributed by atoms with Crippen molar-refractivity contribution in [2.45, 2.75) is 19.9 Å². The Morgan fingerprint density at radius 2 is 2.25 bits per heavy atom. The maximum atomic E-state index is 11.4. The van der Waals surface area contributed by atoms with Gasteiger partial charge in [-0.2, -0.15) is 0 Å². The summed E-state index contributed by atoms with van der Waals surface area (Å²) in [6.45, 7) is 2.78. The minimum Gasteiger partial charge on any atom is -0.466 e. The fraction of sp³-hybridized carbons (Fsp3) is 0.286. The van der Waals surface area contributed by atoms with E-state index in [1.54, 1.807) is 6.92 Å². The van der Waals surface area contributed by atoms with Crippen molar-refractivity contribution in [2.24, 2.45) is 0 Å². The largest absolute Gasteiger partial charge is 0.466 e. The van der Waals surface area contributed by atoms with E-state index in [9.17, 15) is 4.79 Å². The van der Waals surface area contributed by atoms with Gasteiger partial charge in [0, 0.05) is 16.9 Å². The Bertz CT molecular complexity index is 586. The molecular formula is C14H15ClN2O2S. The number of hydrogen-bond acceptors (Lipinski definition) is 5. The Kier molecular flexibility index (Phi) is 5.38. The van der Waals surface area contributed by atoms with Crippen LogP contribution in [0.2, 0.25) is 5.02 Å². The number of anilines is 1. The molecule has 0 atom stereocenters. The number of carbonyl (C=O) groups excluding carboxylic acids is 1. The van der Waals surface area contributed by atoms with Gasteiger partial charge in [0.05, 0.1) is 18.7 Å². The molecule has 0 radical (unpaired) electrons. The molecule has 20 heavy (non-hydrogen) atoms. The van der Waals surface area contributed by atoms with Gasteiger partial charge >= 0.3 is 5.97 Å². The summed E-state index contributed by atoms with van der Waals surface area (Å²) < 4.78 is 4.89. The Labute approximate surface area is 126 Å². The average molecular weight is 311 g/mol. The summed E-state index contributed by atoms with van der Waals surface area (Å²) in [4.78, 5) is 15.7. The van der Waals surface area contributed by atoms with Gasteiger partial charge in [0.1, 0.15) is 0 Å². The maximum Gasteiger partial charge on any atom is 0.311 e. The topological polar surface area (TPSA) is 51.2 Å². The third kappa shape index (κ3) is 4.21. The van der Waals surface area contributed by atoms with E-state index in [0.29, 0.717) is 13.2 Å². The highest BCUT2D eigenvalue weighted by molar-refractivity contribution is 7.13. The standard InChI is InChI=1S/C14H15ClN2O2S/c1-2-19-13(18)7-11-9-20-14(17-11)16-8-10-5-3-4-6-12(10)15/h3-6,9H,2,7-8H2,1H3,(H,16,17). The van der Waals surface area contributed by atoms with Crippen LogP contribution in [0, 0.1) is 0 Å². The van der Waals surface area contributed by atoms with Gasteiger partial charge in [-0.15, -0.1) is 11.3 Å². The lowest BCUT2D eigenvalue weighted by atomic mass is 10.2. The lowest BCUT2D eigenvalue weighted by Gasteiger charge is -2.04. The van der Waals surface area contributed by atoms with Crippen LogP contribution in [0.3, 0.4) is 0 Å². The van der Waals surface area contributed by atoms with Gasteiger partial charge in [0.2, 0.25) is 0 Å². The fourth-order valence-corrected chi connectivity index (χ4v) is 2.55. The predicted molar refractivity (Wildman–Crippen MR) is 81.2 cm³/mol. The molecule has 1 N–H and O–H groups in total. The van der Waals surface area contributed by atoms with Crippen LogP contribution < -0.4 is 5.32 Å². The van der Waals surface area contributed by atoms with Crippen molar-refractivity contribution < 1.29 is 9.53 Å². The van der Waals surface area contributed by atoms with Gasteiger partial charge in [-0.1, -0.05) is 29.8 Å². The predicted octanol–water partition coefficient (Wildman–Crippen LogP) is 3.51. The van der Waals surface area contributed by atoms with Crippen molar-refractivity contribution in [1.82, 2.24) is 4.98 Å². The van der Waals surface area contributed by atoms with Crippen molar-refractivity contribution in [1.29, 1.82) is 0 Å². The normalized spacial score (nSPS) is 10.3. The number of halogens is 1. The highest BCUT2D eigenvalue weighted by atomic mass is 35.5. The van der Waals surface area contributed by atoms with Crippen LogP contribution in [0.4, 0.5) is 5.13 Å². The van der Waals surface area contributed by atoms with Crippen LogP contribution in [0.15, 0.2) is 29.6 Å². The Hall–Kier alpha value is -1.59. The minimum absolute atomic E-state index is 0.206. The molecular weight excluding hydrogens is 296 g/mol. The third-order valence-electron chi connectivity index (χ3n) is 2.57. The second-order valence-electron chi connectivity index (χ2n) is 4.07. The van der Waals surface area contributed by atoms with Crippen molar-refractivity contribution in [2.75, 3.05) is 11.9 Å². The summed E-state index contributed by atoms with van der Waals surface area (Å²) in [5.41, 5.74) is 1.73. The summed E-state index contributed by atoms with van der Waals surface area (Å²) in [6.07, 6.45) is 0.206. The molecule has 0 saturated heterocycles. The molecule has 0 amide bonds. The first-order valence-corrected chi connectivity index (χ1v) is 7.52. The number of hydrogen-bond donors (Lipinski definition) is 1. The molecule has 106 valence electrons. The van der Waals surface area contributed by atoms with Crippen LogP contribution in [0.1, 0.15) is 18.2 Å². The number of esters is 1. The summed E-state index contributed by atoms with van der Waals surface area (Å²) in [6, 6.07) is 7.65. The van der Waals surface area contributed by atoms with Crippen molar-refractivity contribution in [3.63, 3.8) is 0 Å². The third-order valence-corrected chi connectivity index (χ3v) is 3.79. The van der Waals surface area contributed by atoms with Crippen LogP contribution in [-0.4, -0.2) is 17.6 Å². The smallest absolute Gasteiger partial charge is 0.311 e. The number of nitrogens with zero attached hydrogens (tertiary/aromatic N) is 1. The average Bonchev–Trinajstić information content (AvgIpc) is 2.85. The van der Waals surface area contributed by atoms with E-state index in [1.165, 1.54) is 11.3 Å². The second kappa shape index (κ2) is 7.26. The van der Waals surface area contributed by atoms with Gasteiger partial charge in [0.15, 0.2) is 5.13 Å². The van der Waals surface area contributed by atoms with E-state index < -0.39 is 0 Å². The molecule has 0 aliphatic heterocycles. The van der Waals surface area contributed by atoms with E-state index in [4.69, 9.17) is 16.3 Å². The van der Waals surface area contributed by atoms with Gasteiger partial charge in [-0.3, -0.25) is 4.79 Å². The molecule has 0 unspecified atom stereocenters. The minimum atomic E-state index is -0.254. The second-order valence-corrected chi connectivity index (χ2v) is 5.34. The molecule has 0 aliphatic rings. The molecule has 1 aromatic carbocycles. The summed E-state index contributed by atoms with van der Waals surface area (Å²) >= 11 is 7.54. The SMILES string of the molecule is CCOC(=O)Cc1csc(NCc2ccccc2Cl)n1. The summed E-state index contributed by atoms with van der Waals surface area (Å²) in [5, 5.41) is 6.54. The van der Waals surface area contributed by atoms with E-state index in [1.807, 2.05) is 29.6 Å². The van der Waals surface area contributed by atoms with Gasteiger partial charge in [0.25, 0.3) is 0 Å². The number of benzene rings is 1. The molecule has 4 nitrogen and oxygen atoms in total. The van der Waals surface area contributed by atoms with Crippen LogP contribution >= 0.6 is 22.9 Å². The molecule has 6 heteroatoms. The maximum absolute atomic E-state index is 11.4. The first kappa shape index (κ1) is 14.8. The van der Waals surface area contributed by atoms with Crippen molar-refractivity contribution in [3.05, 3.63) is 45.9 Å². The number of ether oxygens (including phenoxy) is 1. The quantitative estimate of drug-likeness (QED) is 0.830. The van der Waals surface area contributed by atoms with Crippen LogP contribution in [-0.2, 0) is 22.5 Å². The number of aromatic nitrogens is 1. The highest BCUT2D eigenvalue weighted by Crippen LogP contribution is 2.20. The molecule has 0 bridgehead atoms. The highest BCUT2D eigenvalue weighted by Gasteiger charge is 2.08. The Balaban J connectivity index is 1.90. The fourth-order valence-electron chi connectivity index (χ4n) is 1.64. The zero-order chi connectivity index (χ0) is 14.4. The summed E-state index contributed by atoms with van der Waals surface area (Å²) in [7, 11) is 0. The number of nitrogens with one attached hydrogen (secondary N) is 1. The Morgan fingerprint density at radius 3 is 3.00 bits per heavy atom. The van der Waals surface area contributed by atoms with E-state index in [-0.39, 0.29) is 12.4 Å². The first-order valence-electron chi connectivity index (χ1n) is 6.26. The van der Waals surface area contributed by atoms with Gasteiger partial charge < -0.3 is 10.1 Å². The summed E-state index contributed by atoms with van der Waals surface area (Å²) in [5.74, 6) is -0.254. The lowest BCUT2D eigenvalue weighted by molar-refractivity contribution is -0.142. The molecule has 2 aromatic rings. The Morgan fingerprint density at radius 1 is 1.45 bits per heavy atom.